The van der Waals surface area contributed by atoms with Gasteiger partial charge in [-0.05, 0) is 6.92 Å². The van der Waals surface area contributed by atoms with Crippen molar-refractivity contribution >= 4 is 8.80 Å². The summed E-state index contributed by atoms with van der Waals surface area (Å²) in [7, 11) is 0.733. The van der Waals surface area contributed by atoms with E-state index < -0.39 is 20.4 Å². The summed E-state index contributed by atoms with van der Waals surface area (Å²) < 4.78 is 14.9. The Bertz CT molecular complexity index is 188. The summed E-state index contributed by atoms with van der Waals surface area (Å²) in [5, 5.41) is 36.4. The lowest BCUT2D eigenvalue weighted by Gasteiger charge is -2.36. The Kier molecular flexibility index (Phi) is 4.83. The van der Waals surface area contributed by atoms with Crippen molar-refractivity contribution < 1.29 is 33.7 Å². The van der Waals surface area contributed by atoms with Gasteiger partial charge in [0.15, 0.2) is 0 Å². The molecule has 0 aliphatic rings. The van der Waals surface area contributed by atoms with E-state index in [1.54, 1.807) is 0 Å². The van der Waals surface area contributed by atoms with E-state index >= 15 is 0 Å². The quantitative estimate of drug-likeness (QED) is 0.323. The van der Waals surface area contributed by atoms with Gasteiger partial charge in [0, 0.05) is 21.3 Å². The van der Waals surface area contributed by atoms with Gasteiger partial charge >= 0.3 is 14.8 Å². The van der Waals surface area contributed by atoms with E-state index in [0.717, 1.165) is 6.92 Å². The van der Waals surface area contributed by atoms with E-state index in [9.17, 15) is 5.11 Å². The Hall–Kier alpha value is -0.0631. The molecule has 1 unspecified atom stereocenters. The molecule has 8 heteroatoms. The van der Waals surface area contributed by atoms with Crippen LogP contribution in [0.1, 0.15) is 6.92 Å². The van der Waals surface area contributed by atoms with Gasteiger partial charge in [-0.15, -0.1) is 0 Å². The highest BCUT2D eigenvalue weighted by Gasteiger charge is 2.53. The van der Waals surface area contributed by atoms with E-state index in [-0.39, 0.29) is 6.04 Å². The van der Waals surface area contributed by atoms with Crippen molar-refractivity contribution in [3.63, 3.8) is 0 Å². The first-order valence-electron chi connectivity index (χ1n) is 4.19. The van der Waals surface area contributed by atoms with Crippen molar-refractivity contribution in [2.24, 2.45) is 0 Å². The highest BCUT2D eigenvalue weighted by molar-refractivity contribution is 6.60. The molecule has 15 heavy (non-hydrogen) atoms. The van der Waals surface area contributed by atoms with Crippen LogP contribution in [0, 0.1) is 0 Å². The Morgan fingerprint density at radius 2 is 1.27 bits per heavy atom. The second kappa shape index (κ2) is 4.85. The SMILES string of the molecule is CO[Si](CC(C)(O)C(O)(O)O)(OC)OC. The fourth-order valence-electron chi connectivity index (χ4n) is 1.01. The molecule has 0 bridgehead atoms. The van der Waals surface area contributed by atoms with Crippen LogP contribution in [0.5, 0.6) is 0 Å². The predicted octanol–water partition coefficient (Wildman–Crippen LogP) is -1.75. The molecule has 0 saturated heterocycles. The molecule has 0 spiro atoms. The molecule has 92 valence electrons. The zero-order valence-electron chi connectivity index (χ0n) is 9.22. The first-order valence-corrected chi connectivity index (χ1v) is 6.12. The van der Waals surface area contributed by atoms with E-state index in [1.165, 1.54) is 21.3 Å². The average Bonchev–Trinajstić information content (AvgIpc) is 2.12. The van der Waals surface area contributed by atoms with Gasteiger partial charge in [-0.1, -0.05) is 0 Å². The Balaban J connectivity index is 4.82. The number of hydrogen-bond donors (Lipinski definition) is 4. The molecule has 0 aromatic carbocycles. The summed E-state index contributed by atoms with van der Waals surface area (Å²) in [6, 6.07) is -0.368. The third-order valence-corrected chi connectivity index (χ3v) is 5.20. The lowest BCUT2D eigenvalue weighted by molar-refractivity contribution is -0.383. The van der Waals surface area contributed by atoms with E-state index in [2.05, 4.69) is 0 Å². The molecule has 4 N–H and O–H groups in total. The molecule has 0 heterocycles. The smallest absolute Gasteiger partial charge is 0.382 e. The second-order valence-corrected chi connectivity index (χ2v) is 6.33. The van der Waals surface area contributed by atoms with Crippen LogP contribution >= 0.6 is 0 Å². The van der Waals surface area contributed by atoms with Crippen LogP contribution in [0.2, 0.25) is 6.04 Å². The molecular weight excluding hydrogens is 224 g/mol. The van der Waals surface area contributed by atoms with Crippen molar-refractivity contribution in [2.45, 2.75) is 24.5 Å². The van der Waals surface area contributed by atoms with Gasteiger partial charge in [-0.3, -0.25) is 0 Å². The van der Waals surface area contributed by atoms with Crippen molar-refractivity contribution in [2.75, 3.05) is 21.3 Å². The summed E-state index contributed by atoms with van der Waals surface area (Å²) in [4.78, 5) is 0. The summed E-state index contributed by atoms with van der Waals surface area (Å²) in [6.45, 7) is 1.03. The van der Waals surface area contributed by atoms with Crippen LogP contribution in [0.25, 0.3) is 0 Å². The molecule has 0 rings (SSSR count). The highest BCUT2D eigenvalue weighted by Crippen LogP contribution is 2.28. The average molecular weight is 242 g/mol. The lowest BCUT2D eigenvalue weighted by atomic mass is 10.1. The fourth-order valence-corrected chi connectivity index (χ4v) is 3.02. The summed E-state index contributed by atoms with van der Waals surface area (Å²) >= 11 is 0. The molecule has 0 aliphatic carbocycles. The van der Waals surface area contributed by atoms with Crippen LogP contribution in [0.3, 0.4) is 0 Å². The van der Waals surface area contributed by atoms with E-state index in [0.29, 0.717) is 0 Å². The lowest BCUT2D eigenvalue weighted by Crippen LogP contribution is -2.59. The second-order valence-electron chi connectivity index (χ2n) is 3.38. The first-order chi connectivity index (χ1) is 6.64. The van der Waals surface area contributed by atoms with Crippen LogP contribution in [0.4, 0.5) is 0 Å². The monoisotopic (exact) mass is 242 g/mol. The Morgan fingerprint density at radius 1 is 0.933 bits per heavy atom. The maximum atomic E-state index is 9.62. The van der Waals surface area contributed by atoms with Gasteiger partial charge in [0.05, 0.1) is 6.04 Å². The van der Waals surface area contributed by atoms with Gasteiger partial charge in [0.25, 0.3) is 0 Å². The third kappa shape index (κ3) is 3.47. The van der Waals surface area contributed by atoms with Crippen molar-refractivity contribution in [3.8, 4) is 0 Å². The molecule has 0 radical (unpaired) electrons. The molecule has 0 aromatic rings. The first kappa shape index (κ1) is 14.9. The molecule has 1 atom stereocenters. The van der Waals surface area contributed by atoms with Gasteiger partial charge in [-0.2, -0.15) is 0 Å². The zero-order chi connectivity index (χ0) is 12.3. The molecule has 0 aromatic heterocycles. The number of rotatable bonds is 6. The maximum absolute atomic E-state index is 9.62. The summed E-state index contributed by atoms with van der Waals surface area (Å²) in [5.41, 5.74) is -2.22. The number of aliphatic hydroxyl groups is 4. The van der Waals surface area contributed by atoms with Crippen LogP contribution < -0.4 is 0 Å². The Morgan fingerprint density at radius 3 is 1.47 bits per heavy atom. The van der Waals surface area contributed by atoms with Crippen molar-refractivity contribution in [3.05, 3.63) is 0 Å². The van der Waals surface area contributed by atoms with Gasteiger partial charge in [0.2, 0.25) is 0 Å². The molecule has 0 saturated carbocycles. The third-order valence-electron chi connectivity index (χ3n) is 2.22. The minimum atomic E-state index is -3.25. The zero-order valence-corrected chi connectivity index (χ0v) is 10.2. The van der Waals surface area contributed by atoms with E-state index in [1.807, 2.05) is 0 Å². The maximum Gasteiger partial charge on any atom is 0.503 e. The topological polar surface area (TPSA) is 109 Å². The van der Waals surface area contributed by atoms with Crippen LogP contribution in [-0.4, -0.2) is 62.1 Å². The fraction of sp³-hybridized carbons (Fsp3) is 1.00. The Labute approximate surface area is 89.2 Å². The van der Waals surface area contributed by atoms with E-state index in [4.69, 9.17) is 28.6 Å². The standard InChI is InChI=1S/C7H18O7Si/c1-6(8,7(9,10)11)5-15(12-2,13-3)14-4/h8-11H,5H2,1-4H3. The summed E-state index contributed by atoms with van der Waals surface area (Å²) in [5.74, 6) is -3.25. The highest BCUT2D eigenvalue weighted by atomic mass is 28.4. The largest absolute Gasteiger partial charge is 0.503 e. The molecule has 7 nitrogen and oxygen atoms in total. The molecule has 0 amide bonds. The number of hydrogen-bond acceptors (Lipinski definition) is 7. The van der Waals surface area contributed by atoms with Crippen LogP contribution in [-0.2, 0) is 13.3 Å². The van der Waals surface area contributed by atoms with Crippen LogP contribution in [0.15, 0.2) is 0 Å². The van der Waals surface area contributed by atoms with Gasteiger partial charge in [0.1, 0.15) is 5.60 Å². The van der Waals surface area contributed by atoms with Crippen molar-refractivity contribution in [1.29, 1.82) is 0 Å². The predicted molar refractivity (Wildman–Crippen MR) is 51.6 cm³/mol. The van der Waals surface area contributed by atoms with Crippen molar-refractivity contribution in [1.82, 2.24) is 0 Å². The molecular formula is C7H18O7Si. The normalized spacial score (nSPS) is 17.6. The minimum Gasteiger partial charge on any atom is -0.382 e. The van der Waals surface area contributed by atoms with Gasteiger partial charge in [-0.25, -0.2) is 0 Å². The van der Waals surface area contributed by atoms with Gasteiger partial charge < -0.3 is 33.7 Å². The molecule has 0 aliphatic heterocycles. The minimum absolute atomic E-state index is 0.368. The summed E-state index contributed by atoms with van der Waals surface area (Å²) in [6.07, 6.45) is 0. The molecule has 0 fully saturated rings.